The summed E-state index contributed by atoms with van der Waals surface area (Å²) in [5.74, 6) is 1.63. The van der Waals surface area contributed by atoms with Gasteiger partial charge in [-0.1, -0.05) is 0 Å². The monoisotopic (exact) mass is 311 g/mol. The van der Waals surface area contributed by atoms with Crippen LogP contribution >= 0.6 is 11.3 Å². The van der Waals surface area contributed by atoms with Crippen LogP contribution in [-0.2, 0) is 13.0 Å². The Morgan fingerprint density at radius 1 is 1.23 bits per heavy atom. The molecule has 0 N–H and O–H groups in total. The van der Waals surface area contributed by atoms with Gasteiger partial charge in [-0.25, -0.2) is 4.98 Å². The minimum Gasteiger partial charge on any atom is -0.349 e. The lowest BCUT2D eigenvalue weighted by atomic mass is 10.1. The first-order valence-corrected chi connectivity index (χ1v) is 8.46. The van der Waals surface area contributed by atoms with Crippen molar-refractivity contribution in [2.24, 2.45) is 0 Å². The standard InChI is InChI=1S/C16H17N5S/c1-9-10(2)15(20-19-13(9)7-17)21-6-5-12-14(8-21)22-16(18-12)11-3-4-11/h11H,3-6,8H2,1-2H3. The molecule has 0 aromatic carbocycles. The van der Waals surface area contributed by atoms with E-state index in [4.69, 9.17) is 10.2 Å². The molecule has 2 aromatic rings. The fourth-order valence-electron chi connectivity index (χ4n) is 2.90. The van der Waals surface area contributed by atoms with Crippen LogP contribution in [0.4, 0.5) is 5.82 Å². The van der Waals surface area contributed by atoms with Crippen molar-refractivity contribution in [3.8, 4) is 6.07 Å². The molecule has 2 aromatic heterocycles. The van der Waals surface area contributed by atoms with E-state index in [0.29, 0.717) is 5.69 Å². The van der Waals surface area contributed by atoms with Crippen LogP contribution in [0.15, 0.2) is 0 Å². The normalized spacial score (nSPS) is 17.2. The van der Waals surface area contributed by atoms with E-state index < -0.39 is 0 Å². The number of hydrogen-bond acceptors (Lipinski definition) is 6. The van der Waals surface area contributed by atoms with Crippen molar-refractivity contribution < 1.29 is 0 Å². The van der Waals surface area contributed by atoms with E-state index in [0.717, 1.165) is 42.4 Å². The molecule has 0 spiro atoms. The van der Waals surface area contributed by atoms with Gasteiger partial charge in [0.2, 0.25) is 0 Å². The van der Waals surface area contributed by atoms with Gasteiger partial charge < -0.3 is 4.90 Å². The molecular formula is C16H17N5S. The highest BCUT2D eigenvalue weighted by Gasteiger charge is 2.30. The number of fused-ring (bicyclic) bond motifs is 1. The number of rotatable bonds is 2. The lowest BCUT2D eigenvalue weighted by molar-refractivity contribution is 0.704. The molecule has 1 saturated carbocycles. The zero-order chi connectivity index (χ0) is 15.3. The Labute approximate surface area is 133 Å². The average Bonchev–Trinajstić information content (AvgIpc) is 3.29. The molecule has 4 rings (SSSR count). The molecule has 22 heavy (non-hydrogen) atoms. The largest absolute Gasteiger partial charge is 0.349 e. The van der Waals surface area contributed by atoms with Crippen molar-refractivity contribution in [3.05, 3.63) is 32.4 Å². The number of nitriles is 1. The summed E-state index contributed by atoms with van der Waals surface area (Å²) in [4.78, 5) is 8.46. The number of hydrogen-bond donors (Lipinski definition) is 0. The Morgan fingerprint density at radius 3 is 2.77 bits per heavy atom. The summed E-state index contributed by atoms with van der Waals surface area (Å²) in [6.07, 6.45) is 3.57. The highest BCUT2D eigenvalue weighted by Crippen LogP contribution is 2.43. The second kappa shape index (κ2) is 5.03. The summed E-state index contributed by atoms with van der Waals surface area (Å²) in [6, 6.07) is 2.10. The molecule has 3 heterocycles. The Bertz CT molecular complexity index is 785. The van der Waals surface area contributed by atoms with Crippen molar-refractivity contribution in [2.75, 3.05) is 11.4 Å². The lowest BCUT2D eigenvalue weighted by Crippen LogP contribution is -2.31. The first kappa shape index (κ1) is 13.6. The molecule has 0 radical (unpaired) electrons. The van der Waals surface area contributed by atoms with Gasteiger partial charge in [0.15, 0.2) is 11.5 Å². The quantitative estimate of drug-likeness (QED) is 0.853. The number of nitrogens with zero attached hydrogens (tertiary/aromatic N) is 5. The van der Waals surface area contributed by atoms with Gasteiger partial charge in [0, 0.05) is 23.8 Å². The summed E-state index contributed by atoms with van der Waals surface area (Å²) in [7, 11) is 0. The van der Waals surface area contributed by atoms with E-state index in [-0.39, 0.29) is 0 Å². The molecule has 1 fully saturated rings. The van der Waals surface area contributed by atoms with E-state index in [1.165, 1.54) is 28.4 Å². The summed E-state index contributed by atoms with van der Waals surface area (Å²) in [5, 5.41) is 18.8. The van der Waals surface area contributed by atoms with Gasteiger partial charge in [-0.2, -0.15) is 5.26 Å². The Balaban J connectivity index is 1.64. The lowest BCUT2D eigenvalue weighted by Gasteiger charge is -2.28. The third-order valence-corrected chi connectivity index (χ3v) is 5.82. The van der Waals surface area contributed by atoms with E-state index in [2.05, 4.69) is 21.2 Å². The third kappa shape index (κ3) is 2.17. The highest BCUT2D eigenvalue weighted by atomic mass is 32.1. The van der Waals surface area contributed by atoms with Gasteiger partial charge >= 0.3 is 0 Å². The van der Waals surface area contributed by atoms with Crippen molar-refractivity contribution in [1.82, 2.24) is 15.2 Å². The first-order chi connectivity index (χ1) is 10.7. The van der Waals surface area contributed by atoms with Crippen LogP contribution in [0.1, 0.15) is 51.2 Å². The molecule has 0 unspecified atom stereocenters. The maximum atomic E-state index is 9.06. The third-order valence-electron chi connectivity index (χ3n) is 4.58. The molecule has 112 valence electrons. The maximum Gasteiger partial charge on any atom is 0.166 e. The molecule has 2 aliphatic rings. The van der Waals surface area contributed by atoms with Crippen LogP contribution < -0.4 is 4.90 Å². The predicted octanol–water partition coefficient (Wildman–Crippen LogP) is 2.86. The zero-order valence-corrected chi connectivity index (χ0v) is 13.6. The predicted molar refractivity (Wildman–Crippen MR) is 85.1 cm³/mol. The fraction of sp³-hybridized carbons (Fsp3) is 0.500. The van der Waals surface area contributed by atoms with Crippen molar-refractivity contribution in [2.45, 2.75) is 45.6 Å². The van der Waals surface area contributed by atoms with Gasteiger partial charge in [-0.3, -0.25) is 0 Å². The van der Waals surface area contributed by atoms with Crippen molar-refractivity contribution >= 4 is 17.2 Å². The highest BCUT2D eigenvalue weighted by molar-refractivity contribution is 7.11. The van der Waals surface area contributed by atoms with Gasteiger partial charge in [0.05, 0.1) is 17.2 Å². The van der Waals surface area contributed by atoms with E-state index in [1.807, 2.05) is 25.2 Å². The zero-order valence-electron chi connectivity index (χ0n) is 12.8. The Kier molecular flexibility index (Phi) is 3.12. The van der Waals surface area contributed by atoms with Crippen molar-refractivity contribution in [3.63, 3.8) is 0 Å². The van der Waals surface area contributed by atoms with Gasteiger partial charge in [-0.15, -0.1) is 21.5 Å². The number of anilines is 1. The minimum atomic E-state index is 0.424. The van der Waals surface area contributed by atoms with Crippen LogP contribution in [0.5, 0.6) is 0 Å². The van der Waals surface area contributed by atoms with Crippen LogP contribution in [0.3, 0.4) is 0 Å². The second-order valence-electron chi connectivity index (χ2n) is 6.10. The summed E-state index contributed by atoms with van der Waals surface area (Å²) in [6.45, 7) is 5.75. The maximum absolute atomic E-state index is 9.06. The van der Waals surface area contributed by atoms with Crippen LogP contribution in [-0.4, -0.2) is 21.7 Å². The molecule has 0 saturated heterocycles. The Hall–Kier alpha value is -2.00. The molecule has 1 aliphatic carbocycles. The van der Waals surface area contributed by atoms with Crippen molar-refractivity contribution in [1.29, 1.82) is 5.26 Å². The molecule has 1 aliphatic heterocycles. The molecule has 0 bridgehead atoms. The summed E-state index contributed by atoms with van der Waals surface area (Å²) < 4.78 is 0. The van der Waals surface area contributed by atoms with Gasteiger partial charge in [0.1, 0.15) is 6.07 Å². The van der Waals surface area contributed by atoms with Gasteiger partial charge in [0.25, 0.3) is 0 Å². The Morgan fingerprint density at radius 2 is 2.05 bits per heavy atom. The first-order valence-electron chi connectivity index (χ1n) is 7.64. The summed E-state index contributed by atoms with van der Waals surface area (Å²) >= 11 is 1.87. The van der Waals surface area contributed by atoms with E-state index >= 15 is 0 Å². The van der Waals surface area contributed by atoms with Crippen LogP contribution in [0, 0.1) is 25.2 Å². The molecule has 5 nitrogen and oxygen atoms in total. The second-order valence-corrected chi connectivity index (χ2v) is 7.22. The number of aromatic nitrogens is 3. The minimum absolute atomic E-state index is 0.424. The molecule has 0 amide bonds. The fourth-order valence-corrected chi connectivity index (χ4v) is 4.20. The SMILES string of the molecule is Cc1c(C#N)nnc(N2CCc3nc(C4CC4)sc3C2)c1C. The number of thiazole rings is 1. The molecule has 6 heteroatoms. The smallest absolute Gasteiger partial charge is 0.166 e. The van der Waals surface area contributed by atoms with E-state index in [1.54, 1.807) is 0 Å². The topological polar surface area (TPSA) is 65.7 Å². The van der Waals surface area contributed by atoms with E-state index in [9.17, 15) is 0 Å². The molecular weight excluding hydrogens is 294 g/mol. The van der Waals surface area contributed by atoms with Crippen LogP contribution in [0.2, 0.25) is 0 Å². The molecule has 0 atom stereocenters. The van der Waals surface area contributed by atoms with Gasteiger partial charge in [-0.05, 0) is 37.8 Å². The van der Waals surface area contributed by atoms with Crippen LogP contribution in [0.25, 0.3) is 0 Å². The summed E-state index contributed by atoms with van der Waals surface area (Å²) in [5.41, 5.74) is 3.69. The average molecular weight is 311 g/mol.